The number of hydrogen-bond acceptors (Lipinski definition) is 4. The first kappa shape index (κ1) is 19.8. The fourth-order valence-electron chi connectivity index (χ4n) is 5.21. The minimum atomic E-state index is -0.878. The molecular weight excluding hydrogens is 414 g/mol. The van der Waals surface area contributed by atoms with Crippen LogP contribution in [-0.2, 0) is 14.4 Å². The van der Waals surface area contributed by atoms with E-state index < -0.39 is 18.1 Å². The van der Waals surface area contributed by atoms with Crippen LogP contribution in [0.2, 0.25) is 0 Å². The number of aryl methyl sites for hydroxylation is 2. The highest BCUT2D eigenvalue weighted by Crippen LogP contribution is 2.49. The van der Waals surface area contributed by atoms with Gasteiger partial charge in [0.15, 0.2) is 6.10 Å². The number of carbonyl (C=O) groups excluding carboxylic acids is 2. The molecule has 1 N–H and O–H groups in total. The van der Waals surface area contributed by atoms with E-state index in [1.807, 2.05) is 86.6 Å². The van der Waals surface area contributed by atoms with Crippen LogP contribution in [0.1, 0.15) is 22.9 Å². The van der Waals surface area contributed by atoms with E-state index in [1.54, 1.807) is 11.1 Å². The first-order chi connectivity index (χ1) is 16.0. The van der Waals surface area contributed by atoms with Crippen molar-refractivity contribution >= 4 is 34.1 Å². The van der Waals surface area contributed by atoms with Crippen molar-refractivity contribution in [2.24, 2.45) is 5.92 Å². The van der Waals surface area contributed by atoms with Crippen molar-refractivity contribution < 1.29 is 14.4 Å². The third-order valence-electron chi connectivity index (χ3n) is 6.63. The Balaban J connectivity index is 1.52. The highest BCUT2D eigenvalue weighted by atomic mass is 16.7. The van der Waals surface area contributed by atoms with Gasteiger partial charge in [0.05, 0.1) is 17.4 Å². The lowest BCUT2D eigenvalue weighted by Crippen LogP contribution is -2.37. The summed E-state index contributed by atoms with van der Waals surface area (Å²) < 4.78 is 0. The van der Waals surface area contributed by atoms with E-state index in [2.05, 4.69) is 4.98 Å². The summed E-state index contributed by atoms with van der Waals surface area (Å²) in [5, 5.41) is 2.78. The fraction of sp³-hybridized carbons (Fsp3) is 0.185. The zero-order valence-corrected chi connectivity index (χ0v) is 18.4. The lowest BCUT2D eigenvalue weighted by Gasteiger charge is -2.29. The van der Waals surface area contributed by atoms with Gasteiger partial charge in [0.25, 0.3) is 5.91 Å². The van der Waals surface area contributed by atoms with Gasteiger partial charge < -0.3 is 4.98 Å². The molecule has 0 saturated carbocycles. The summed E-state index contributed by atoms with van der Waals surface area (Å²) >= 11 is 0. The van der Waals surface area contributed by atoms with Crippen molar-refractivity contribution in [2.75, 3.05) is 9.96 Å². The molecule has 6 rings (SSSR count). The number of rotatable bonds is 3. The van der Waals surface area contributed by atoms with Gasteiger partial charge in [-0.2, -0.15) is 0 Å². The number of hydrogen-bond donors (Lipinski definition) is 1. The largest absolute Gasteiger partial charge is 0.358 e. The van der Waals surface area contributed by atoms with Gasteiger partial charge in [0, 0.05) is 22.2 Å². The van der Waals surface area contributed by atoms with E-state index in [1.165, 1.54) is 4.90 Å². The standard InChI is InChI=1S/C27H23N3O3/c1-16-9-8-12-19(15-16)29-26(31)23-24(22-17(2)28-21-14-7-6-13-20(21)22)30(33-25(23)27(29)32)18-10-4-3-5-11-18/h3-15,23-25,28H,1-2H3/t23-,24-,25-/m1/s1. The summed E-state index contributed by atoms with van der Waals surface area (Å²) in [7, 11) is 0. The molecular formula is C27H23N3O3. The Morgan fingerprint density at radius 2 is 1.55 bits per heavy atom. The maximum atomic E-state index is 13.8. The van der Waals surface area contributed by atoms with Crippen molar-refractivity contribution in [2.45, 2.75) is 26.0 Å². The first-order valence-corrected chi connectivity index (χ1v) is 11.1. The van der Waals surface area contributed by atoms with Gasteiger partial charge in [-0.15, -0.1) is 0 Å². The summed E-state index contributed by atoms with van der Waals surface area (Å²) in [5.41, 5.74) is 5.32. The zero-order chi connectivity index (χ0) is 22.7. The Morgan fingerprint density at radius 3 is 2.33 bits per heavy atom. The number of H-pyrrole nitrogens is 1. The maximum absolute atomic E-state index is 13.8. The minimum absolute atomic E-state index is 0.233. The first-order valence-electron chi connectivity index (χ1n) is 11.1. The molecule has 0 unspecified atom stereocenters. The molecule has 2 amide bonds. The molecule has 0 bridgehead atoms. The minimum Gasteiger partial charge on any atom is -0.358 e. The fourth-order valence-corrected chi connectivity index (χ4v) is 5.21. The molecule has 3 atom stereocenters. The van der Waals surface area contributed by atoms with Gasteiger partial charge in [-0.05, 0) is 49.7 Å². The number of anilines is 2. The van der Waals surface area contributed by atoms with E-state index in [0.717, 1.165) is 33.4 Å². The van der Waals surface area contributed by atoms with Crippen LogP contribution in [0, 0.1) is 19.8 Å². The summed E-state index contributed by atoms with van der Waals surface area (Å²) in [6.45, 7) is 3.95. The summed E-state index contributed by atoms with van der Waals surface area (Å²) in [6.07, 6.45) is -0.878. The highest BCUT2D eigenvalue weighted by Gasteiger charge is 2.60. The molecule has 4 aromatic rings. The average molecular weight is 437 g/mol. The lowest BCUT2D eigenvalue weighted by molar-refractivity contribution is -0.126. The Morgan fingerprint density at radius 1 is 0.818 bits per heavy atom. The lowest BCUT2D eigenvalue weighted by atomic mass is 9.89. The van der Waals surface area contributed by atoms with E-state index in [9.17, 15) is 9.59 Å². The van der Waals surface area contributed by atoms with E-state index >= 15 is 0 Å². The molecule has 3 heterocycles. The summed E-state index contributed by atoms with van der Waals surface area (Å²) in [5.74, 6) is -1.21. The normalized spacial score (nSPS) is 22.4. The number of imide groups is 1. The van der Waals surface area contributed by atoms with Crippen molar-refractivity contribution in [3.05, 3.63) is 95.7 Å². The number of carbonyl (C=O) groups is 2. The molecule has 3 aromatic carbocycles. The second-order valence-electron chi connectivity index (χ2n) is 8.72. The number of fused-ring (bicyclic) bond motifs is 2. The monoisotopic (exact) mass is 437 g/mol. The Labute approximate surface area is 191 Å². The number of nitrogens with one attached hydrogen (secondary N) is 1. The number of aromatic nitrogens is 1. The van der Waals surface area contributed by atoms with Crippen LogP contribution in [0.4, 0.5) is 11.4 Å². The Bertz CT molecular complexity index is 1390. The molecule has 33 heavy (non-hydrogen) atoms. The Hall–Kier alpha value is -3.90. The number of nitrogens with zero attached hydrogens (tertiary/aromatic N) is 2. The highest BCUT2D eigenvalue weighted by molar-refractivity contribution is 6.24. The van der Waals surface area contributed by atoms with Gasteiger partial charge in [-0.25, -0.2) is 9.96 Å². The van der Waals surface area contributed by atoms with Crippen molar-refractivity contribution in [1.82, 2.24) is 4.98 Å². The van der Waals surface area contributed by atoms with Crippen LogP contribution in [0.15, 0.2) is 78.9 Å². The average Bonchev–Trinajstić information content (AvgIpc) is 3.43. The molecule has 1 aromatic heterocycles. The van der Waals surface area contributed by atoms with Crippen LogP contribution in [0.3, 0.4) is 0 Å². The predicted molar refractivity (Wildman–Crippen MR) is 127 cm³/mol. The molecule has 0 radical (unpaired) electrons. The third kappa shape index (κ3) is 2.91. The third-order valence-corrected chi connectivity index (χ3v) is 6.63. The van der Waals surface area contributed by atoms with Gasteiger partial charge in [0.1, 0.15) is 5.92 Å². The smallest absolute Gasteiger partial charge is 0.266 e. The zero-order valence-electron chi connectivity index (χ0n) is 18.4. The number of para-hydroxylation sites is 2. The molecule has 0 aliphatic carbocycles. The van der Waals surface area contributed by atoms with Crippen LogP contribution < -0.4 is 9.96 Å². The maximum Gasteiger partial charge on any atom is 0.266 e. The number of amides is 2. The van der Waals surface area contributed by atoms with Crippen molar-refractivity contribution in [1.29, 1.82) is 0 Å². The van der Waals surface area contributed by atoms with Crippen LogP contribution in [0.25, 0.3) is 10.9 Å². The molecule has 2 saturated heterocycles. The SMILES string of the molecule is Cc1cccc(N2C(=O)[C@@H]3[C@@H](c4c(C)[nH]c5ccccc45)N(c4ccccc4)O[C@H]3C2=O)c1. The quantitative estimate of drug-likeness (QED) is 0.466. The van der Waals surface area contributed by atoms with E-state index in [0.29, 0.717) is 5.69 Å². The molecule has 164 valence electrons. The topological polar surface area (TPSA) is 65.6 Å². The second kappa shape index (κ2) is 7.32. The number of hydroxylamine groups is 1. The molecule has 0 spiro atoms. The van der Waals surface area contributed by atoms with Gasteiger partial charge >= 0.3 is 0 Å². The number of benzene rings is 3. The van der Waals surface area contributed by atoms with E-state index in [4.69, 9.17) is 4.84 Å². The van der Waals surface area contributed by atoms with Crippen LogP contribution in [0.5, 0.6) is 0 Å². The van der Waals surface area contributed by atoms with Crippen LogP contribution >= 0.6 is 0 Å². The molecule has 6 heteroatoms. The van der Waals surface area contributed by atoms with Crippen molar-refractivity contribution in [3.8, 4) is 0 Å². The van der Waals surface area contributed by atoms with Gasteiger partial charge in [-0.1, -0.05) is 48.5 Å². The molecule has 2 aliphatic rings. The summed E-state index contributed by atoms with van der Waals surface area (Å²) in [4.78, 5) is 38.3. The number of aromatic amines is 1. The summed E-state index contributed by atoms with van der Waals surface area (Å²) in [6, 6.07) is 24.7. The van der Waals surface area contributed by atoms with Gasteiger partial charge in [-0.3, -0.25) is 14.4 Å². The second-order valence-corrected chi connectivity index (χ2v) is 8.72. The van der Waals surface area contributed by atoms with Gasteiger partial charge in [0.2, 0.25) is 5.91 Å². The molecule has 2 aliphatic heterocycles. The van der Waals surface area contributed by atoms with Crippen molar-refractivity contribution in [3.63, 3.8) is 0 Å². The predicted octanol–water partition coefficient (Wildman–Crippen LogP) is 4.84. The molecule has 6 nitrogen and oxygen atoms in total. The Kier molecular flexibility index (Phi) is 4.38. The molecule has 2 fully saturated rings. The van der Waals surface area contributed by atoms with E-state index in [-0.39, 0.29) is 11.8 Å². The van der Waals surface area contributed by atoms with Crippen LogP contribution in [-0.4, -0.2) is 22.9 Å².